The second-order valence-corrected chi connectivity index (χ2v) is 6.26. The number of carbonyl (C=O) groups is 2. The Hall–Kier alpha value is -1.69. The van der Waals surface area contributed by atoms with Gasteiger partial charge in [0.25, 0.3) is 0 Å². The molecule has 0 aliphatic carbocycles. The zero-order chi connectivity index (χ0) is 16.3. The second kappa shape index (κ2) is 7.05. The minimum Gasteiger partial charge on any atom is -0.334 e. The van der Waals surface area contributed by atoms with Crippen molar-refractivity contribution < 1.29 is 14.0 Å². The zero-order valence-corrected chi connectivity index (χ0v) is 14.0. The lowest BCUT2D eigenvalue weighted by atomic mass is 10.0. The molecule has 0 spiro atoms. The van der Waals surface area contributed by atoms with Crippen molar-refractivity contribution in [3.63, 3.8) is 0 Å². The molecule has 1 aromatic carbocycles. The van der Waals surface area contributed by atoms with E-state index >= 15 is 0 Å². The van der Waals surface area contributed by atoms with E-state index < -0.39 is 0 Å². The fourth-order valence-electron chi connectivity index (χ4n) is 2.71. The van der Waals surface area contributed by atoms with Gasteiger partial charge in [-0.1, -0.05) is 22.5 Å². The van der Waals surface area contributed by atoms with Gasteiger partial charge in [-0.05, 0) is 42.7 Å². The van der Waals surface area contributed by atoms with Gasteiger partial charge in [0.2, 0.25) is 11.8 Å². The number of likely N-dealkylation sites (tertiary alicyclic amines) is 1. The minimum absolute atomic E-state index is 0.00214. The van der Waals surface area contributed by atoms with Crippen molar-refractivity contribution in [1.29, 1.82) is 0 Å². The smallest absolute Gasteiger partial charge is 0.246 e. The number of rotatable bonds is 4. The monoisotopic (exact) mass is 368 g/mol. The predicted octanol–water partition coefficient (Wildman–Crippen LogP) is 2.90. The molecule has 2 rings (SSSR count). The number of halogens is 2. The van der Waals surface area contributed by atoms with Crippen molar-refractivity contribution in [2.45, 2.75) is 18.9 Å². The first-order valence-corrected chi connectivity index (χ1v) is 7.84. The van der Waals surface area contributed by atoms with Crippen LogP contribution < -0.4 is 0 Å². The molecule has 4 nitrogen and oxygen atoms in total. The Bertz CT molecular complexity index is 586. The van der Waals surface area contributed by atoms with Gasteiger partial charge in [0.15, 0.2) is 0 Å². The van der Waals surface area contributed by atoms with Gasteiger partial charge in [0.1, 0.15) is 5.82 Å². The summed E-state index contributed by atoms with van der Waals surface area (Å²) in [6.07, 6.45) is 2.84. The van der Waals surface area contributed by atoms with E-state index in [9.17, 15) is 14.0 Å². The molecule has 22 heavy (non-hydrogen) atoms. The first-order valence-electron chi connectivity index (χ1n) is 7.05. The van der Waals surface area contributed by atoms with E-state index in [1.54, 1.807) is 11.9 Å². The number of nitrogens with zero attached hydrogens (tertiary/aromatic N) is 2. The standard InChI is InChI=1S/C16H18BrFN2O2/c1-3-15(21)19(2)10-16(22)20-6-4-5-14(20)11-7-12(17)9-13(18)8-11/h3,7-9,14H,1,4-6,10H2,2H3. The molecular formula is C16H18BrFN2O2. The molecule has 0 radical (unpaired) electrons. The van der Waals surface area contributed by atoms with E-state index in [1.807, 2.05) is 6.07 Å². The van der Waals surface area contributed by atoms with Crippen molar-refractivity contribution in [1.82, 2.24) is 9.80 Å². The van der Waals surface area contributed by atoms with Crippen LogP contribution in [0.4, 0.5) is 4.39 Å². The number of carbonyl (C=O) groups excluding carboxylic acids is 2. The number of likely N-dealkylation sites (N-methyl/N-ethyl adjacent to an activating group) is 1. The summed E-state index contributed by atoms with van der Waals surface area (Å²) in [7, 11) is 1.56. The number of benzene rings is 1. The van der Waals surface area contributed by atoms with E-state index in [0.29, 0.717) is 11.0 Å². The highest BCUT2D eigenvalue weighted by Gasteiger charge is 2.31. The van der Waals surface area contributed by atoms with E-state index in [2.05, 4.69) is 22.5 Å². The maximum absolute atomic E-state index is 13.6. The molecular weight excluding hydrogens is 351 g/mol. The lowest BCUT2D eigenvalue weighted by molar-refractivity contribution is -0.137. The van der Waals surface area contributed by atoms with Crippen LogP contribution in [0.3, 0.4) is 0 Å². The average Bonchev–Trinajstić information content (AvgIpc) is 2.94. The predicted molar refractivity (Wildman–Crippen MR) is 85.6 cm³/mol. The summed E-state index contributed by atoms with van der Waals surface area (Å²) in [5, 5.41) is 0. The fraction of sp³-hybridized carbons (Fsp3) is 0.375. The summed E-state index contributed by atoms with van der Waals surface area (Å²) in [6.45, 7) is 4.02. The van der Waals surface area contributed by atoms with Crippen LogP contribution >= 0.6 is 15.9 Å². The molecule has 1 atom stereocenters. The van der Waals surface area contributed by atoms with Crippen LogP contribution in [0, 0.1) is 5.82 Å². The topological polar surface area (TPSA) is 40.6 Å². The summed E-state index contributed by atoms with van der Waals surface area (Å²) < 4.78 is 14.2. The molecule has 0 saturated carbocycles. The average molecular weight is 369 g/mol. The highest BCUT2D eigenvalue weighted by molar-refractivity contribution is 9.10. The minimum atomic E-state index is -0.331. The molecule has 2 amide bonds. The first-order chi connectivity index (χ1) is 10.4. The Morgan fingerprint density at radius 1 is 1.50 bits per heavy atom. The van der Waals surface area contributed by atoms with Crippen LogP contribution in [0.15, 0.2) is 35.3 Å². The summed E-state index contributed by atoms with van der Waals surface area (Å²) in [6, 6.07) is 4.53. The molecule has 1 fully saturated rings. The van der Waals surface area contributed by atoms with Crippen LogP contribution in [0.5, 0.6) is 0 Å². The quantitative estimate of drug-likeness (QED) is 0.766. The SMILES string of the molecule is C=CC(=O)N(C)CC(=O)N1CCCC1c1cc(F)cc(Br)c1. The molecule has 0 N–H and O–H groups in total. The molecule has 1 unspecified atom stereocenters. The Kier molecular flexibility index (Phi) is 5.34. The maximum Gasteiger partial charge on any atom is 0.246 e. The van der Waals surface area contributed by atoms with Crippen LogP contribution in [0.2, 0.25) is 0 Å². The van der Waals surface area contributed by atoms with Gasteiger partial charge in [-0.15, -0.1) is 0 Å². The normalized spacial score (nSPS) is 17.4. The van der Waals surface area contributed by atoms with Gasteiger partial charge >= 0.3 is 0 Å². The molecule has 0 bridgehead atoms. The Labute approximate surface area is 137 Å². The third-order valence-electron chi connectivity index (χ3n) is 3.77. The van der Waals surface area contributed by atoms with Crippen molar-refractivity contribution >= 4 is 27.7 Å². The first kappa shape index (κ1) is 16.7. The fourth-order valence-corrected chi connectivity index (χ4v) is 3.19. The van der Waals surface area contributed by atoms with E-state index in [1.165, 1.54) is 23.1 Å². The lowest BCUT2D eigenvalue weighted by Gasteiger charge is -2.27. The molecule has 0 aromatic heterocycles. The van der Waals surface area contributed by atoms with Crippen LogP contribution in [0.1, 0.15) is 24.4 Å². The van der Waals surface area contributed by atoms with Crippen molar-refractivity contribution in [3.8, 4) is 0 Å². The maximum atomic E-state index is 13.6. The Morgan fingerprint density at radius 2 is 2.23 bits per heavy atom. The van der Waals surface area contributed by atoms with Crippen LogP contribution in [0.25, 0.3) is 0 Å². The van der Waals surface area contributed by atoms with E-state index in [4.69, 9.17) is 0 Å². The molecule has 1 heterocycles. The summed E-state index contributed by atoms with van der Waals surface area (Å²) in [4.78, 5) is 26.9. The van der Waals surface area contributed by atoms with Crippen molar-refractivity contribution in [2.24, 2.45) is 0 Å². The second-order valence-electron chi connectivity index (χ2n) is 5.35. The van der Waals surface area contributed by atoms with Gasteiger partial charge in [0, 0.05) is 18.1 Å². The summed E-state index contributed by atoms with van der Waals surface area (Å²) in [5.74, 6) is -0.763. The summed E-state index contributed by atoms with van der Waals surface area (Å²) >= 11 is 3.28. The third kappa shape index (κ3) is 3.74. The molecule has 6 heteroatoms. The number of hydrogen-bond donors (Lipinski definition) is 0. The Morgan fingerprint density at radius 3 is 2.86 bits per heavy atom. The molecule has 1 aliphatic heterocycles. The van der Waals surface area contributed by atoms with Gasteiger partial charge in [-0.25, -0.2) is 4.39 Å². The van der Waals surface area contributed by atoms with E-state index in [0.717, 1.165) is 18.4 Å². The highest BCUT2D eigenvalue weighted by Crippen LogP contribution is 2.33. The molecule has 1 aromatic rings. The molecule has 1 aliphatic rings. The van der Waals surface area contributed by atoms with Gasteiger partial charge in [-0.2, -0.15) is 0 Å². The lowest BCUT2D eigenvalue weighted by Crippen LogP contribution is -2.40. The van der Waals surface area contributed by atoms with Gasteiger partial charge in [0.05, 0.1) is 12.6 Å². The van der Waals surface area contributed by atoms with Crippen LogP contribution in [-0.2, 0) is 9.59 Å². The Balaban J connectivity index is 2.14. The molecule has 118 valence electrons. The van der Waals surface area contributed by atoms with Gasteiger partial charge < -0.3 is 9.80 Å². The van der Waals surface area contributed by atoms with E-state index in [-0.39, 0.29) is 30.2 Å². The van der Waals surface area contributed by atoms with Crippen molar-refractivity contribution in [3.05, 3.63) is 46.7 Å². The highest BCUT2D eigenvalue weighted by atomic mass is 79.9. The molecule has 1 saturated heterocycles. The van der Waals surface area contributed by atoms with Crippen LogP contribution in [-0.4, -0.2) is 41.8 Å². The third-order valence-corrected chi connectivity index (χ3v) is 4.22. The number of hydrogen-bond acceptors (Lipinski definition) is 2. The largest absolute Gasteiger partial charge is 0.334 e. The van der Waals surface area contributed by atoms with Crippen molar-refractivity contribution in [2.75, 3.05) is 20.1 Å². The summed E-state index contributed by atoms with van der Waals surface area (Å²) in [5.41, 5.74) is 0.774. The number of amides is 2. The van der Waals surface area contributed by atoms with Gasteiger partial charge in [-0.3, -0.25) is 9.59 Å². The zero-order valence-electron chi connectivity index (χ0n) is 12.4.